The Labute approximate surface area is 103 Å². The van der Waals surface area contributed by atoms with E-state index in [4.69, 9.17) is 9.47 Å². The molecule has 1 spiro atoms. The zero-order valence-corrected chi connectivity index (χ0v) is 10.4. The minimum atomic E-state index is -0.594. The van der Waals surface area contributed by atoms with Crippen molar-refractivity contribution >= 4 is 0 Å². The van der Waals surface area contributed by atoms with Crippen LogP contribution in [-0.4, -0.2) is 30.2 Å². The summed E-state index contributed by atoms with van der Waals surface area (Å²) in [6.07, 6.45) is 7.27. The molecule has 0 aromatic rings. The summed E-state index contributed by atoms with van der Waals surface area (Å²) >= 11 is 0. The first kappa shape index (κ1) is 12.8. The van der Waals surface area contributed by atoms with Crippen LogP contribution in [0.1, 0.15) is 32.1 Å². The molecule has 2 fully saturated rings. The van der Waals surface area contributed by atoms with Gasteiger partial charge in [0, 0.05) is 6.42 Å². The number of aliphatic hydroxyl groups is 1. The van der Waals surface area contributed by atoms with E-state index >= 15 is 0 Å². The van der Waals surface area contributed by atoms with Gasteiger partial charge in [-0.15, -0.1) is 13.2 Å². The van der Waals surface area contributed by atoms with Crippen molar-refractivity contribution in [3.63, 3.8) is 0 Å². The normalized spacial score (nSPS) is 32.8. The van der Waals surface area contributed by atoms with Gasteiger partial charge < -0.3 is 14.6 Å². The van der Waals surface area contributed by atoms with Gasteiger partial charge in [-0.25, -0.2) is 0 Å². The van der Waals surface area contributed by atoms with Crippen molar-refractivity contribution in [1.82, 2.24) is 0 Å². The second-order valence-electron chi connectivity index (χ2n) is 4.99. The molecule has 1 aliphatic heterocycles. The maximum absolute atomic E-state index is 10.5. The molecule has 0 aromatic heterocycles. The van der Waals surface area contributed by atoms with Crippen LogP contribution >= 0.6 is 0 Å². The molecular weight excluding hydrogens is 216 g/mol. The van der Waals surface area contributed by atoms with Crippen LogP contribution in [0, 0.1) is 5.41 Å². The highest BCUT2D eigenvalue weighted by Gasteiger charge is 2.61. The van der Waals surface area contributed by atoms with Gasteiger partial charge in [0.15, 0.2) is 5.79 Å². The van der Waals surface area contributed by atoms with Gasteiger partial charge in [-0.1, -0.05) is 12.2 Å². The Balaban J connectivity index is 2.30. The van der Waals surface area contributed by atoms with E-state index in [0.29, 0.717) is 19.6 Å². The highest BCUT2D eigenvalue weighted by atomic mass is 16.7. The number of ether oxygens (including phenoxy) is 2. The molecule has 3 nitrogen and oxygen atoms in total. The summed E-state index contributed by atoms with van der Waals surface area (Å²) in [5, 5.41) is 10.5. The lowest BCUT2D eigenvalue weighted by Crippen LogP contribution is -2.52. The van der Waals surface area contributed by atoms with E-state index in [1.807, 2.05) is 6.08 Å². The highest BCUT2D eigenvalue weighted by molar-refractivity contribution is 5.08. The van der Waals surface area contributed by atoms with Crippen LogP contribution in [0.4, 0.5) is 0 Å². The van der Waals surface area contributed by atoms with Gasteiger partial charge >= 0.3 is 0 Å². The van der Waals surface area contributed by atoms with Crippen LogP contribution in [0.2, 0.25) is 0 Å². The van der Waals surface area contributed by atoms with Crippen LogP contribution in [0.3, 0.4) is 0 Å². The third-order valence-corrected chi connectivity index (χ3v) is 4.18. The van der Waals surface area contributed by atoms with Crippen molar-refractivity contribution in [3.8, 4) is 0 Å². The molecule has 0 bridgehead atoms. The first-order valence-electron chi connectivity index (χ1n) is 6.38. The van der Waals surface area contributed by atoms with Crippen LogP contribution < -0.4 is 0 Å². The average Bonchev–Trinajstić information content (AvgIpc) is 2.91. The molecule has 0 aromatic carbocycles. The molecule has 96 valence electrons. The fourth-order valence-electron chi connectivity index (χ4n) is 3.42. The summed E-state index contributed by atoms with van der Waals surface area (Å²) in [7, 11) is 0. The van der Waals surface area contributed by atoms with Crippen LogP contribution in [0.15, 0.2) is 25.3 Å². The highest BCUT2D eigenvalue weighted by Crippen LogP contribution is 2.56. The van der Waals surface area contributed by atoms with E-state index in [1.165, 1.54) is 0 Å². The molecule has 0 amide bonds. The minimum absolute atomic E-state index is 0.348. The molecule has 0 unspecified atom stereocenters. The summed E-state index contributed by atoms with van der Waals surface area (Å²) in [6.45, 7) is 8.78. The van der Waals surface area contributed by atoms with Gasteiger partial charge in [0.1, 0.15) is 0 Å². The molecule has 0 radical (unpaired) electrons. The van der Waals surface area contributed by atoms with Crippen molar-refractivity contribution in [1.29, 1.82) is 0 Å². The first-order valence-corrected chi connectivity index (χ1v) is 6.38. The number of hydrogen-bond acceptors (Lipinski definition) is 3. The predicted molar refractivity (Wildman–Crippen MR) is 66.6 cm³/mol. The van der Waals surface area contributed by atoms with Gasteiger partial charge in [-0.2, -0.15) is 0 Å². The summed E-state index contributed by atoms with van der Waals surface area (Å²) in [5.74, 6) is -0.594. The van der Waals surface area contributed by atoms with E-state index in [-0.39, 0.29) is 5.41 Å². The topological polar surface area (TPSA) is 38.7 Å². The third-order valence-electron chi connectivity index (χ3n) is 4.18. The zero-order chi connectivity index (χ0) is 12.4. The number of aliphatic hydroxyl groups excluding tert-OH is 1. The molecule has 1 aliphatic carbocycles. The van der Waals surface area contributed by atoms with Crippen molar-refractivity contribution in [3.05, 3.63) is 25.3 Å². The second-order valence-corrected chi connectivity index (χ2v) is 4.99. The molecule has 2 aliphatic rings. The Morgan fingerprint density at radius 3 is 2.47 bits per heavy atom. The molecule has 2 atom stereocenters. The SMILES string of the molecule is C=CC[C@@H](O)[C@]1(CC=C)CCCC12OCCO2. The number of hydrogen-bond donors (Lipinski definition) is 1. The molecule has 3 heteroatoms. The molecule has 1 N–H and O–H groups in total. The lowest BCUT2D eigenvalue weighted by molar-refractivity contribution is -0.247. The van der Waals surface area contributed by atoms with E-state index in [1.54, 1.807) is 6.08 Å². The summed E-state index contributed by atoms with van der Waals surface area (Å²) in [5.41, 5.74) is -0.348. The molecule has 17 heavy (non-hydrogen) atoms. The van der Waals surface area contributed by atoms with E-state index in [9.17, 15) is 5.11 Å². The lowest BCUT2D eigenvalue weighted by Gasteiger charge is -2.44. The Hall–Kier alpha value is -0.640. The molecule has 1 saturated heterocycles. The summed E-state index contributed by atoms with van der Waals surface area (Å²) in [6, 6.07) is 0. The van der Waals surface area contributed by atoms with Crippen molar-refractivity contribution < 1.29 is 14.6 Å². The monoisotopic (exact) mass is 238 g/mol. The Kier molecular flexibility index (Phi) is 3.71. The van der Waals surface area contributed by atoms with E-state index < -0.39 is 11.9 Å². The second kappa shape index (κ2) is 4.92. The Morgan fingerprint density at radius 1 is 1.18 bits per heavy atom. The summed E-state index contributed by atoms with van der Waals surface area (Å²) < 4.78 is 11.7. The van der Waals surface area contributed by atoms with Crippen molar-refractivity contribution in [2.45, 2.75) is 44.0 Å². The van der Waals surface area contributed by atoms with Gasteiger partial charge in [-0.3, -0.25) is 0 Å². The number of rotatable bonds is 5. The van der Waals surface area contributed by atoms with E-state index in [0.717, 1.165) is 25.7 Å². The Morgan fingerprint density at radius 2 is 1.88 bits per heavy atom. The summed E-state index contributed by atoms with van der Waals surface area (Å²) in [4.78, 5) is 0. The average molecular weight is 238 g/mol. The first-order chi connectivity index (χ1) is 8.21. The van der Waals surface area contributed by atoms with Crippen LogP contribution in [0.5, 0.6) is 0 Å². The fourth-order valence-corrected chi connectivity index (χ4v) is 3.42. The van der Waals surface area contributed by atoms with Gasteiger partial charge in [0.05, 0.1) is 24.7 Å². The molecular formula is C14H22O3. The van der Waals surface area contributed by atoms with E-state index in [2.05, 4.69) is 13.2 Å². The standard InChI is InChI=1S/C14H22O3/c1-3-6-12(15)13(7-4-2)8-5-9-14(13)16-10-11-17-14/h3-4,12,15H,1-2,5-11H2/t12-,13+/m1/s1. The van der Waals surface area contributed by atoms with Crippen LogP contribution in [-0.2, 0) is 9.47 Å². The lowest BCUT2D eigenvalue weighted by atomic mass is 9.72. The van der Waals surface area contributed by atoms with Crippen molar-refractivity contribution in [2.24, 2.45) is 5.41 Å². The van der Waals surface area contributed by atoms with Gasteiger partial charge in [0.25, 0.3) is 0 Å². The molecule has 2 rings (SSSR count). The maximum atomic E-state index is 10.5. The van der Waals surface area contributed by atoms with Gasteiger partial charge in [-0.05, 0) is 25.7 Å². The smallest absolute Gasteiger partial charge is 0.176 e. The van der Waals surface area contributed by atoms with Crippen LogP contribution in [0.25, 0.3) is 0 Å². The zero-order valence-electron chi connectivity index (χ0n) is 10.4. The van der Waals surface area contributed by atoms with Gasteiger partial charge in [0.2, 0.25) is 0 Å². The number of allylic oxidation sites excluding steroid dienone is 1. The third kappa shape index (κ3) is 1.86. The Bertz CT molecular complexity index is 288. The fraction of sp³-hybridized carbons (Fsp3) is 0.714. The largest absolute Gasteiger partial charge is 0.392 e. The van der Waals surface area contributed by atoms with Crippen molar-refractivity contribution in [2.75, 3.05) is 13.2 Å². The molecule has 1 heterocycles. The predicted octanol–water partition coefficient (Wildman–Crippen LogP) is 2.41. The minimum Gasteiger partial charge on any atom is -0.392 e. The molecule has 1 saturated carbocycles. The maximum Gasteiger partial charge on any atom is 0.176 e. The quantitative estimate of drug-likeness (QED) is 0.748.